The first-order chi connectivity index (χ1) is 14.9. The molecule has 164 valence electrons. The Bertz CT molecular complexity index is 948. The molecule has 4 aliphatic carbocycles. The van der Waals surface area contributed by atoms with Crippen molar-refractivity contribution in [3.63, 3.8) is 0 Å². The van der Waals surface area contributed by atoms with E-state index >= 15 is 0 Å². The normalized spacial score (nSPS) is 38.9. The molecule has 4 aliphatic rings. The maximum atomic E-state index is 11.5. The summed E-state index contributed by atoms with van der Waals surface area (Å²) < 4.78 is 5.62. The fourth-order valence-electron chi connectivity index (χ4n) is 7.70. The van der Waals surface area contributed by atoms with Crippen LogP contribution >= 0.6 is 0 Å². The number of esters is 1. The predicted molar refractivity (Wildman–Crippen MR) is 124 cm³/mol. The number of ether oxygens (including phenoxy) is 1. The van der Waals surface area contributed by atoms with Gasteiger partial charge in [0.25, 0.3) is 0 Å². The molecule has 1 aromatic carbocycles. The SMILES string of the molecule is CC(=O)O[C@@H]1CC[C@]2(C)[C@H](CC[C@@H]3C4=C(CC[C@@H]32)[C@](C)(C#Cc2ccccc2)CC4)C1. The molecule has 1 aromatic rings. The molecule has 0 N–H and O–H groups in total. The minimum Gasteiger partial charge on any atom is -0.463 e. The first-order valence-electron chi connectivity index (χ1n) is 12.4. The molecule has 2 nitrogen and oxygen atoms in total. The molecule has 0 radical (unpaired) electrons. The van der Waals surface area contributed by atoms with Gasteiger partial charge in [-0.05, 0) is 100 Å². The number of carbonyl (C=O) groups is 1. The van der Waals surface area contributed by atoms with Gasteiger partial charge in [-0.3, -0.25) is 4.79 Å². The van der Waals surface area contributed by atoms with E-state index in [-0.39, 0.29) is 17.5 Å². The van der Waals surface area contributed by atoms with Crippen molar-refractivity contribution in [2.75, 3.05) is 0 Å². The quantitative estimate of drug-likeness (QED) is 0.289. The average Bonchev–Trinajstić information content (AvgIpc) is 3.10. The van der Waals surface area contributed by atoms with Crippen LogP contribution in [0.25, 0.3) is 0 Å². The van der Waals surface area contributed by atoms with Crippen LogP contribution in [0.3, 0.4) is 0 Å². The van der Waals surface area contributed by atoms with Gasteiger partial charge in [0, 0.05) is 12.5 Å². The van der Waals surface area contributed by atoms with Crippen LogP contribution in [-0.4, -0.2) is 12.1 Å². The minimum atomic E-state index is -0.114. The largest absolute Gasteiger partial charge is 0.463 e. The van der Waals surface area contributed by atoms with E-state index in [9.17, 15) is 4.79 Å². The fraction of sp³-hybridized carbons (Fsp3) is 0.621. The second kappa shape index (κ2) is 7.84. The van der Waals surface area contributed by atoms with Crippen molar-refractivity contribution >= 4 is 5.97 Å². The summed E-state index contributed by atoms with van der Waals surface area (Å²) >= 11 is 0. The Hall–Kier alpha value is -2.01. The van der Waals surface area contributed by atoms with Crippen LogP contribution in [0.2, 0.25) is 0 Å². The Labute approximate surface area is 187 Å². The van der Waals surface area contributed by atoms with Crippen molar-refractivity contribution in [3.05, 3.63) is 47.0 Å². The zero-order valence-corrected chi connectivity index (χ0v) is 19.4. The van der Waals surface area contributed by atoms with Gasteiger partial charge in [-0.1, -0.05) is 48.1 Å². The highest BCUT2D eigenvalue weighted by Gasteiger charge is 2.54. The molecule has 2 saturated carbocycles. The van der Waals surface area contributed by atoms with Crippen LogP contribution in [0.15, 0.2) is 41.5 Å². The number of fused-ring (bicyclic) bond motifs is 4. The van der Waals surface area contributed by atoms with E-state index in [1.54, 1.807) is 18.1 Å². The van der Waals surface area contributed by atoms with E-state index in [2.05, 4.69) is 56.0 Å². The van der Waals surface area contributed by atoms with Gasteiger partial charge in [0.15, 0.2) is 0 Å². The Balaban J connectivity index is 1.37. The number of allylic oxidation sites excluding steroid dienone is 2. The molecule has 5 rings (SSSR count). The highest BCUT2D eigenvalue weighted by molar-refractivity contribution is 5.66. The molecule has 0 aromatic heterocycles. The molecule has 2 fully saturated rings. The van der Waals surface area contributed by atoms with E-state index < -0.39 is 0 Å². The molecule has 0 heterocycles. The highest BCUT2D eigenvalue weighted by Crippen LogP contribution is 2.63. The van der Waals surface area contributed by atoms with E-state index in [4.69, 9.17) is 4.74 Å². The van der Waals surface area contributed by atoms with Crippen LogP contribution in [0, 0.1) is 40.4 Å². The molecule has 0 spiro atoms. The Morgan fingerprint density at radius 1 is 1.03 bits per heavy atom. The molecule has 0 saturated heterocycles. The lowest BCUT2D eigenvalue weighted by Crippen LogP contribution is -2.49. The highest BCUT2D eigenvalue weighted by atomic mass is 16.5. The molecule has 0 aliphatic heterocycles. The number of hydrogen-bond donors (Lipinski definition) is 0. The van der Waals surface area contributed by atoms with Crippen LogP contribution in [-0.2, 0) is 9.53 Å². The second-order valence-electron chi connectivity index (χ2n) is 11.0. The Kier molecular flexibility index (Phi) is 5.28. The molecule has 0 unspecified atom stereocenters. The molecule has 6 atom stereocenters. The summed E-state index contributed by atoms with van der Waals surface area (Å²) in [6.07, 6.45) is 11.1. The lowest BCUT2D eigenvalue weighted by Gasteiger charge is -2.57. The van der Waals surface area contributed by atoms with Crippen molar-refractivity contribution in [1.29, 1.82) is 0 Å². The summed E-state index contributed by atoms with van der Waals surface area (Å²) in [7, 11) is 0. The summed E-state index contributed by atoms with van der Waals surface area (Å²) in [6, 6.07) is 10.4. The second-order valence-corrected chi connectivity index (χ2v) is 11.0. The summed E-state index contributed by atoms with van der Waals surface area (Å²) in [6.45, 7) is 6.51. The lowest BCUT2D eigenvalue weighted by atomic mass is 9.49. The Morgan fingerprint density at radius 3 is 2.61 bits per heavy atom. The fourth-order valence-corrected chi connectivity index (χ4v) is 7.70. The lowest BCUT2D eigenvalue weighted by molar-refractivity contribution is -0.154. The molecule has 31 heavy (non-hydrogen) atoms. The van der Waals surface area contributed by atoms with Gasteiger partial charge in [0.1, 0.15) is 6.10 Å². The number of benzene rings is 1. The number of carbonyl (C=O) groups excluding carboxylic acids is 1. The molecular weight excluding hydrogens is 380 g/mol. The molecule has 0 bridgehead atoms. The van der Waals surface area contributed by atoms with Gasteiger partial charge in [-0.2, -0.15) is 0 Å². The molecule has 0 amide bonds. The van der Waals surface area contributed by atoms with Crippen molar-refractivity contribution in [3.8, 4) is 11.8 Å². The van der Waals surface area contributed by atoms with Crippen molar-refractivity contribution in [2.24, 2.45) is 28.6 Å². The van der Waals surface area contributed by atoms with E-state index in [0.29, 0.717) is 11.3 Å². The third-order valence-electron chi connectivity index (χ3n) is 9.33. The zero-order chi connectivity index (χ0) is 21.6. The van der Waals surface area contributed by atoms with Crippen molar-refractivity contribution < 1.29 is 9.53 Å². The maximum Gasteiger partial charge on any atom is 0.302 e. The summed E-state index contributed by atoms with van der Waals surface area (Å²) in [5.74, 6) is 9.33. The standard InChI is InChI=1S/C29H36O2/c1-20(30)31-23-14-18-29(3)22(19-23)9-10-24-25-15-17-28(2,26(25)11-12-27(24)29)16-13-21-7-5-4-6-8-21/h4-8,22-24,27H,9-12,14-15,17-19H2,1-3H3/t22-,23-,24-,27+,28-,29-/m1/s1. The predicted octanol–water partition coefficient (Wildman–Crippen LogP) is 6.69. The number of rotatable bonds is 1. The summed E-state index contributed by atoms with van der Waals surface area (Å²) in [5, 5.41) is 0. The van der Waals surface area contributed by atoms with Crippen LogP contribution in [0.4, 0.5) is 0 Å². The van der Waals surface area contributed by atoms with Gasteiger partial charge >= 0.3 is 5.97 Å². The monoisotopic (exact) mass is 416 g/mol. The van der Waals surface area contributed by atoms with Gasteiger partial charge in [-0.15, -0.1) is 0 Å². The van der Waals surface area contributed by atoms with Crippen LogP contribution < -0.4 is 0 Å². The van der Waals surface area contributed by atoms with Gasteiger partial charge in [0.2, 0.25) is 0 Å². The van der Waals surface area contributed by atoms with Gasteiger partial charge in [-0.25, -0.2) is 0 Å². The minimum absolute atomic E-state index is 0.0564. The third-order valence-corrected chi connectivity index (χ3v) is 9.33. The smallest absolute Gasteiger partial charge is 0.302 e. The first-order valence-corrected chi connectivity index (χ1v) is 12.4. The van der Waals surface area contributed by atoms with E-state index in [1.807, 2.05) is 0 Å². The average molecular weight is 417 g/mol. The van der Waals surface area contributed by atoms with Gasteiger partial charge in [0.05, 0.1) is 5.41 Å². The Morgan fingerprint density at radius 2 is 1.84 bits per heavy atom. The van der Waals surface area contributed by atoms with E-state index in [0.717, 1.165) is 30.2 Å². The first kappa shape index (κ1) is 20.9. The molecule has 2 heteroatoms. The van der Waals surface area contributed by atoms with Crippen molar-refractivity contribution in [2.45, 2.75) is 84.7 Å². The maximum absolute atomic E-state index is 11.5. The summed E-state index contributed by atoms with van der Waals surface area (Å²) in [4.78, 5) is 11.5. The number of hydrogen-bond acceptors (Lipinski definition) is 2. The van der Waals surface area contributed by atoms with Gasteiger partial charge < -0.3 is 4.74 Å². The van der Waals surface area contributed by atoms with Crippen LogP contribution in [0.1, 0.15) is 84.1 Å². The van der Waals surface area contributed by atoms with Crippen LogP contribution in [0.5, 0.6) is 0 Å². The van der Waals surface area contributed by atoms with Crippen molar-refractivity contribution in [1.82, 2.24) is 0 Å². The zero-order valence-electron chi connectivity index (χ0n) is 19.4. The third kappa shape index (κ3) is 3.65. The summed E-state index contributed by atoms with van der Waals surface area (Å²) in [5.41, 5.74) is 5.06. The van der Waals surface area contributed by atoms with E-state index in [1.165, 1.54) is 44.9 Å². The molecular formula is C29H36O2. The topological polar surface area (TPSA) is 26.3 Å².